The molecule has 0 spiro atoms. The number of carbonyl (C=O) groups excluding carboxylic acids is 2. The largest absolute Gasteiger partial charge is 0.497 e. The Labute approximate surface area is 193 Å². The third-order valence-corrected chi connectivity index (χ3v) is 5.77. The molecule has 0 saturated heterocycles. The third kappa shape index (κ3) is 4.90. The van der Waals surface area contributed by atoms with Crippen molar-refractivity contribution in [3.05, 3.63) is 82.3 Å². The zero-order valence-electron chi connectivity index (χ0n) is 19.6. The van der Waals surface area contributed by atoms with Crippen molar-refractivity contribution >= 4 is 23.1 Å². The first kappa shape index (κ1) is 22.5. The highest BCUT2D eigenvalue weighted by atomic mass is 16.5. The van der Waals surface area contributed by atoms with Crippen LogP contribution in [0.25, 0.3) is 0 Å². The van der Waals surface area contributed by atoms with Gasteiger partial charge in [0, 0.05) is 16.8 Å². The molecule has 1 aliphatic heterocycles. The van der Waals surface area contributed by atoms with E-state index >= 15 is 0 Å². The topological polar surface area (TPSA) is 80.9 Å². The van der Waals surface area contributed by atoms with E-state index < -0.39 is 0 Å². The van der Waals surface area contributed by atoms with Crippen molar-refractivity contribution in [3.8, 4) is 5.75 Å². The van der Waals surface area contributed by atoms with E-state index in [-0.39, 0.29) is 23.7 Å². The third-order valence-electron chi connectivity index (χ3n) is 5.77. The number of rotatable bonds is 6. The summed E-state index contributed by atoms with van der Waals surface area (Å²) in [6.07, 6.45) is 1.01. The minimum atomic E-state index is -0.269. The zero-order valence-corrected chi connectivity index (χ0v) is 19.6. The first-order chi connectivity index (χ1) is 15.6. The summed E-state index contributed by atoms with van der Waals surface area (Å²) in [6, 6.07) is 14.6. The quantitative estimate of drug-likeness (QED) is 0.505. The van der Waals surface area contributed by atoms with Gasteiger partial charge in [-0.05, 0) is 82.1 Å². The number of hydrogen-bond acceptors (Lipinski definition) is 5. The molecule has 6 nitrogen and oxygen atoms in total. The van der Waals surface area contributed by atoms with Crippen molar-refractivity contribution < 1.29 is 18.7 Å². The first-order valence-corrected chi connectivity index (χ1v) is 10.9. The molecule has 0 unspecified atom stereocenters. The van der Waals surface area contributed by atoms with Crippen LogP contribution in [0.2, 0.25) is 0 Å². The number of nitrogens with one attached hydrogen (secondary N) is 1. The molecule has 170 valence electrons. The summed E-state index contributed by atoms with van der Waals surface area (Å²) in [5, 5.41) is 2.85. The second-order valence-electron chi connectivity index (χ2n) is 9.03. The number of benzene rings is 2. The van der Waals surface area contributed by atoms with Crippen LogP contribution in [-0.4, -0.2) is 30.1 Å². The number of furan rings is 1. The van der Waals surface area contributed by atoms with E-state index in [1.54, 1.807) is 51.3 Å². The maximum Gasteiger partial charge on any atom is 0.259 e. The molecular weight excluding hydrogens is 416 g/mol. The summed E-state index contributed by atoms with van der Waals surface area (Å²) in [4.78, 5) is 30.4. The molecule has 2 aromatic carbocycles. The van der Waals surface area contributed by atoms with E-state index in [1.807, 2.05) is 12.1 Å². The lowest BCUT2D eigenvalue weighted by Crippen LogP contribution is -2.30. The highest BCUT2D eigenvalue weighted by molar-refractivity contribution is 6.17. The van der Waals surface area contributed by atoms with Crippen molar-refractivity contribution in [3.63, 3.8) is 0 Å². The molecule has 0 fully saturated rings. The fraction of sp³-hybridized carbons (Fsp3) is 0.296. The van der Waals surface area contributed by atoms with Gasteiger partial charge in [0.1, 0.15) is 17.3 Å². The van der Waals surface area contributed by atoms with Gasteiger partial charge in [-0.3, -0.25) is 14.6 Å². The van der Waals surface area contributed by atoms with Crippen LogP contribution in [0.15, 0.2) is 57.9 Å². The number of hydrogen-bond donors (Lipinski definition) is 1. The van der Waals surface area contributed by atoms with Crippen molar-refractivity contribution in [2.24, 2.45) is 4.99 Å². The van der Waals surface area contributed by atoms with Crippen LogP contribution in [0.1, 0.15) is 63.6 Å². The Hall–Kier alpha value is -3.67. The average molecular weight is 445 g/mol. The van der Waals surface area contributed by atoms with Gasteiger partial charge < -0.3 is 14.5 Å². The molecule has 4 rings (SSSR count). The van der Waals surface area contributed by atoms with Crippen molar-refractivity contribution in [2.45, 2.75) is 46.1 Å². The number of fused-ring (bicyclic) bond motifs is 1. The molecule has 0 aliphatic carbocycles. The SMILES string of the molecule is COc1ccc2c(c1)C(CC(=O)c1ccc(NC(=O)c3cc(C)oc3C)cc1)=NC(C)(C)C2. The molecule has 0 atom stereocenters. The Kier molecular flexibility index (Phi) is 5.93. The van der Waals surface area contributed by atoms with Crippen LogP contribution < -0.4 is 10.1 Å². The normalized spacial score (nSPS) is 14.3. The monoisotopic (exact) mass is 444 g/mol. The second kappa shape index (κ2) is 8.70. The number of ketones is 1. The number of amides is 1. The van der Waals surface area contributed by atoms with Gasteiger partial charge in [-0.2, -0.15) is 0 Å². The molecule has 0 saturated carbocycles. The van der Waals surface area contributed by atoms with Gasteiger partial charge >= 0.3 is 0 Å². The van der Waals surface area contributed by atoms with E-state index in [1.165, 1.54) is 5.56 Å². The van der Waals surface area contributed by atoms with Crippen LogP contribution in [-0.2, 0) is 6.42 Å². The molecule has 33 heavy (non-hydrogen) atoms. The Balaban J connectivity index is 1.50. The van der Waals surface area contributed by atoms with Crippen LogP contribution in [0.4, 0.5) is 5.69 Å². The van der Waals surface area contributed by atoms with Gasteiger partial charge in [0.15, 0.2) is 5.78 Å². The fourth-order valence-corrected chi connectivity index (χ4v) is 4.22. The van der Waals surface area contributed by atoms with Gasteiger partial charge in [-0.15, -0.1) is 0 Å². The summed E-state index contributed by atoms with van der Waals surface area (Å²) < 4.78 is 10.8. The molecule has 3 aromatic rings. The van der Waals surface area contributed by atoms with Crippen LogP contribution >= 0.6 is 0 Å². The van der Waals surface area contributed by atoms with Gasteiger partial charge in [-0.25, -0.2) is 0 Å². The van der Waals surface area contributed by atoms with E-state index in [0.717, 1.165) is 23.4 Å². The Morgan fingerprint density at radius 3 is 2.45 bits per heavy atom. The fourth-order valence-electron chi connectivity index (χ4n) is 4.22. The summed E-state index contributed by atoms with van der Waals surface area (Å²) in [6.45, 7) is 7.71. The van der Waals surface area contributed by atoms with Crippen LogP contribution in [0.3, 0.4) is 0 Å². The zero-order chi connectivity index (χ0) is 23.8. The Morgan fingerprint density at radius 2 is 1.82 bits per heavy atom. The lowest BCUT2D eigenvalue weighted by Gasteiger charge is -2.29. The molecule has 0 bridgehead atoms. The van der Waals surface area contributed by atoms with E-state index in [4.69, 9.17) is 14.1 Å². The summed E-state index contributed by atoms with van der Waals surface area (Å²) in [7, 11) is 1.63. The average Bonchev–Trinajstić information content (AvgIpc) is 3.11. The maximum absolute atomic E-state index is 13.1. The number of methoxy groups -OCH3 is 1. The minimum absolute atomic E-state index is 0.0283. The summed E-state index contributed by atoms with van der Waals surface area (Å²) in [5.41, 5.74) is 4.32. The number of anilines is 1. The summed E-state index contributed by atoms with van der Waals surface area (Å²) >= 11 is 0. The smallest absolute Gasteiger partial charge is 0.259 e. The molecule has 6 heteroatoms. The lowest BCUT2D eigenvalue weighted by atomic mass is 9.85. The standard InChI is InChI=1S/C27H28N2O4/c1-16-12-22(17(2)33-16)26(31)28-20-9-6-18(7-10-20)25(30)14-24-23-13-21(32-5)11-8-19(23)15-27(3,4)29-24/h6-13H,14-15H2,1-5H3,(H,28,31). The number of carbonyl (C=O) groups is 2. The number of nitrogens with zero attached hydrogens (tertiary/aromatic N) is 1. The van der Waals surface area contributed by atoms with Crippen molar-refractivity contribution in [1.29, 1.82) is 0 Å². The predicted molar refractivity (Wildman–Crippen MR) is 129 cm³/mol. The molecular formula is C27H28N2O4. The summed E-state index contributed by atoms with van der Waals surface area (Å²) in [5.74, 6) is 1.74. The number of Topliss-reactive ketones (excluding diaryl/α,β-unsaturated/α-hetero) is 1. The van der Waals surface area contributed by atoms with Gasteiger partial charge in [-0.1, -0.05) is 6.07 Å². The van der Waals surface area contributed by atoms with Gasteiger partial charge in [0.25, 0.3) is 5.91 Å². The van der Waals surface area contributed by atoms with Crippen LogP contribution in [0.5, 0.6) is 5.75 Å². The highest BCUT2D eigenvalue weighted by Crippen LogP contribution is 2.31. The molecule has 2 heterocycles. The Bertz CT molecular complexity index is 1250. The maximum atomic E-state index is 13.1. The predicted octanol–water partition coefficient (Wildman–Crippen LogP) is 5.55. The Morgan fingerprint density at radius 1 is 1.09 bits per heavy atom. The number of ether oxygens (including phenoxy) is 1. The van der Waals surface area contributed by atoms with Gasteiger partial charge in [0.05, 0.1) is 30.3 Å². The van der Waals surface area contributed by atoms with Gasteiger partial charge in [0.2, 0.25) is 0 Å². The van der Waals surface area contributed by atoms with E-state index in [9.17, 15) is 9.59 Å². The van der Waals surface area contributed by atoms with Crippen molar-refractivity contribution in [1.82, 2.24) is 0 Å². The molecule has 1 N–H and O–H groups in total. The second-order valence-corrected chi connectivity index (χ2v) is 9.03. The van der Waals surface area contributed by atoms with Crippen molar-refractivity contribution in [2.75, 3.05) is 12.4 Å². The van der Waals surface area contributed by atoms with E-state index in [2.05, 4.69) is 25.2 Å². The van der Waals surface area contributed by atoms with E-state index in [0.29, 0.717) is 28.3 Å². The lowest BCUT2D eigenvalue weighted by molar-refractivity contribution is 0.0998. The molecule has 1 aliphatic rings. The van der Waals surface area contributed by atoms with Crippen LogP contribution in [0, 0.1) is 13.8 Å². The highest BCUT2D eigenvalue weighted by Gasteiger charge is 2.28. The molecule has 1 aromatic heterocycles. The minimum Gasteiger partial charge on any atom is -0.497 e. The first-order valence-electron chi connectivity index (χ1n) is 10.9. The number of aliphatic imine (C=N–C) groups is 1. The number of aryl methyl sites for hydroxylation is 2. The molecule has 1 amide bonds. The molecule has 0 radical (unpaired) electrons.